The lowest BCUT2D eigenvalue weighted by Gasteiger charge is -2.41. The maximum absolute atomic E-state index is 9.25. The van der Waals surface area contributed by atoms with Crippen LogP contribution in [0, 0.1) is 0 Å². The molecule has 3 heteroatoms. The van der Waals surface area contributed by atoms with Crippen molar-refractivity contribution in [1.82, 2.24) is 4.90 Å². The fourth-order valence-electron chi connectivity index (χ4n) is 2.02. The van der Waals surface area contributed by atoms with Gasteiger partial charge in [0, 0.05) is 11.6 Å². The molecule has 96 valence electrons. The first-order valence-electron chi connectivity index (χ1n) is 6.11. The summed E-state index contributed by atoms with van der Waals surface area (Å²) in [7, 11) is 4.14. The molecule has 0 radical (unpaired) electrons. The lowest BCUT2D eigenvalue weighted by atomic mass is 9.85. The van der Waals surface area contributed by atoms with E-state index in [4.69, 9.17) is 5.73 Å². The van der Waals surface area contributed by atoms with Crippen LogP contribution >= 0.6 is 0 Å². The molecular weight excluding hydrogens is 212 g/mol. The average molecular weight is 236 g/mol. The number of nitrogens with zero attached hydrogens (tertiary/aromatic N) is 1. The van der Waals surface area contributed by atoms with Crippen molar-refractivity contribution >= 4 is 0 Å². The van der Waals surface area contributed by atoms with E-state index in [1.807, 2.05) is 12.1 Å². The van der Waals surface area contributed by atoms with Gasteiger partial charge in [-0.2, -0.15) is 0 Å². The van der Waals surface area contributed by atoms with E-state index in [1.54, 1.807) is 12.1 Å². The van der Waals surface area contributed by atoms with Crippen LogP contribution in [0.3, 0.4) is 0 Å². The van der Waals surface area contributed by atoms with Crippen molar-refractivity contribution in [3.8, 4) is 5.75 Å². The third kappa shape index (κ3) is 3.20. The Balaban J connectivity index is 2.77. The van der Waals surface area contributed by atoms with E-state index in [-0.39, 0.29) is 11.6 Å². The maximum Gasteiger partial charge on any atom is 0.115 e. The van der Waals surface area contributed by atoms with Gasteiger partial charge in [-0.05, 0) is 51.6 Å². The number of rotatable bonds is 5. The molecule has 0 aromatic heterocycles. The lowest BCUT2D eigenvalue weighted by molar-refractivity contribution is 0.131. The van der Waals surface area contributed by atoms with E-state index in [9.17, 15) is 5.11 Å². The van der Waals surface area contributed by atoms with E-state index in [0.717, 1.165) is 18.4 Å². The van der Waals surface area contributed by atoms with Gasteiger partial charge in [0.1, 0.15) is 5.75 Å². The Bertz CT molecular complexity index is 348. The highest BCUT2D eigenvalue weighted by Crippen LogP contribution is 2.22. The number of benzene rings is 1. The van der Waals surface area contributed by atoms with Crippen molar-refractivity contribution in [2.24, 2.45) is 5.73 Å². The molecule has 0 heterocycles. The molecule has 0 spiro atoms. The Hall–Kier alpha value is -1.06. The van der Waals surface area contributed by atoms with Gasteiger partial charge in [-0.3, -0.25) is 0 Å². The number of phenols is 1. The van der Waals surface area contributed by atoms with Crippen molar-refractivity contribution in [1.29, 1.82) is 0 Å². The van der Waals surface area contributed by atoms with E-state index >= 15 is 0 Å². The minimum Gasteiger partial charge on any atom is -0.508 e. The third-order valence-corrected chi connectivity index (χ3v) is 3.93. The Labute approximate surface area is 104 Å². The first-order chi connectivity index (χ1) is 7.90. The molecule has 0 aliphatic heterocycles. The topological polar surface area (TPSA) is 49.5 Å². The van der Waals surface area contributed by atoms with Gasteiger partial charge in [-0.25, -0.2) is 0 Å². The Morgan fingerprint density at radius 2 is 1.82 bits per heavy atom. The van der Waals surface area contributed by atoms with Crippen LogP contribution in [0.1, 0.15) is 25.8 Å². The zero-order valence-electron chi connectivity index (χ0n) is 11.3. The van der Waals surface area contributed by atoms with Crippen molar-refractivity contribution in [2.75, 3.05) is 14.1 Å². The fourth-order valence-corrected chi connectivity index (χ4v) is 2.02. The molecule has 1 aromatic rings. The van der Waals surface area contributed by atoms with E-state index in [0.29, 0.717) is 5.75 Å². The Morgan fingerprint density at radius 1 is 1.29 bits per heavy atom. The van der Waals surface area contributed by atoms with Gasteiger partial charge in [0.2, 0.25) is 0 Å². The number of likely N-dealkylation sites (N-methyl/N-ethyl adjacent to an activating group) is 1. The van der Waals surface area contributed by atoms with Crippen LogP contribution in [0.2, 0.25) is 0 Å². The summed E-state index contributed by atoms with van der Waals surface area (Å²) in [6.07, 6.45) is 1.84. The number of nitrogens with two attached hydrogens (primary N) is 1. The molecule has 2 atom stereocenters. The summed E-state index contributed by atoms with van der Waals surface area (Å²) in [5, 5.41) is 9.25. The molecule has 0 bridgehead atoms. The quantitative estimate of drug-likeness (QED) is 0.822. The van der Waals surface area contributed by atoms with Gasteiger partial charge < -0.3 is 15.7 Å². The van der Waals surface area contributed by atoms with Crippen LogP contribution in [0.4, 0.5) is 0 Å². The summed E-state index contributed by atoms with van der Waals surface area (Å²) >= 11 is 0. The maximum atomic E-state index is 9.25. The minimum atomic E-state index is -0.00210. The molecule has 2 unspecified atom stereocenters. The second kappa shape index (κ2) is 5.52. The summed E-state index contributed by atoms with van der Waals surface area (Å²) in [5.41, 5.74) is 7.49. The van der Waals surface area contributed by atoms with Crippen LogP contribution in [-0.2, 0) is 6.42 Å². The highest BCUT2D eigenvalue weighted by molar-refractivity contribution is 5.26. The van der Waals surface area contributed by atoms with Crippen LogP contribution in [0.25, 0.3) is 0 Å². The molecule has 17 heavy (non-hydrogen) atoms. The monoisotopic (exact) mass is 236 g/mol. The molecule has 0 fully saturated rings. The van der Waals surface area contributed by atoms with Crippen molar-refractivity contribution in [3.63, 3.8) is 0 Å². The first kappa shape index (κ1) is 14.0. The van der Waals surface area contributed by atoms with Gasteiger partial charge in [0.05, 0.1) is 0 Å². The zero-order chi connectivity index (χ0) is 13.1. The van der Waals surface area contributed by atoms with Crippen LogP contribution in [0.5, 0.6) is 5.75 Å². The molecule has 3 nitrogen and oxygen atoms in total. The van der Waals surface area contributed by atoms with Gasteiger partial charge in [0.15, 0.2) is 0 Å². The summed E-state index contributed by atoms with van der Waals surface area (Å²) in [6.45, 7) is 4.36. The summed E-state index contributed by atoms with van der Waals surface area (Å²) in [4.78, 5) is 2.19. The van der Waals surface area contributed by atoms with Gasteiger partial charge in [-0.1, -0.05) is 19.1 Å². The van der Waals surface area contributed by atoms with Gasteiger partial charge in [0.25, 0.3) is 0 Å². The van der Waals surface area contributed by atoms with Gasteiger partial charge in [-0.15, -0.1) is 0 Å². The Kier molecular flexibility index (Phi) is 4.54. The highest BCUT2D eigenvalue weighted by Gasteiger charge is 2.31. The number of phenolic OH excluding ortho intramolecular Hbond substituents is 1. The largest absolute Gasteiger partial charge is 0.508 e. The van der Waals surface area contributed by atoms with E-state index < -0.39 is 0 Å². The smallest absolute Gasteiger partial charge is 0.115 e. The zero-order valence-corrected chi connectivity index (χ0v) is 11.3. The fraction of sp³-hybridized carbons (Fsp3) is 0.571. The second-order valence-corrected chi connectivity index (χ2v) is 5.08. The standard InChI is InChI=1S/C14H24N2O/c1-5-14(2,16(3)4)13(15)10-11-6-8-12(17)9-7-11/h6-9,13,17H,5,10,15H2,1-4H3. The van der Waals surface area contributed by atoms with E-state index in [1.165, 1.54) is 0 Å². The number of hydrogen-bond donors (Lipinski definition) is 2. The van der Waals surface area contributed by atoms with Crippen LogP contribution in [0.15, 0.2) is 24.3 Å². The predicted molar refractivity (Wildman–Crippen MR) is 72.2 cm³/mol. The van der Waals surface area contributed by atoms with Crippen LogP contribution in [-0.4, -0.2) is 35.7 Å². The second-order valence-electron chi connectivity index (χ2n) is 5.08. The molecular formula is C14H24N2O. The van der Waals surface area contributed by atoms with Crippen molar-refractivity contribution in [2.45, 2.75) is 38.3 Å². The minimum absolute atomic E-state index is 0.00210. The summed E-state index contributed by atoms with van der Waals surface area (Å²) in [5.74, 6) is 0.299. The van der Waals surface area contributed by atoms with Crippen molar-refractivity contribution < 1.29 is 5.11 Å². The highest BCUT2D eigenvalue weighted by atomic mass is 16.3. The van der Waals surface area contributed by atoms with E-state index in [2.05, 4.69) is 32.8 Å². The lowest BCUT2D eigenvalue weighted by Crippen LogP contribution is -2.55. The van der Waals surface area contributed by atoms with Gasteiger partial charge >= 0.3 is 0 Å². The molecule has 0 saturated heterocycles. The summed E-state index contributed by atoms with van der Waals surface area (Å²) in [6, 6.07) is 7.36. The van der Waals surface area contributed by atoms with Crippen molar-refractivity contribution in [3.05, 3.63) is 29.8 Å². The Morgan fingerprint density at radius 3 is 2.24 bits per heavy atom. The first-order valence-corrected chi connectivity index (χ1v) is 6.11. The molecule has 0 amide bonds. The molecule has 3 N–H and O–H groups in total. The molecule has 1 aromatic carbocycles. The molecule has 1 rings (SSSR count). The molecule has 0 aliphatic carbocycles. The molecule has 0 saturated carbocycles. The number of aromatic hydroxyl groups is 1. The third-order valence-electron chi connectivity index (χ3n) is 3.93. The predicted octanol–water partition coefficient (Wildman–Crippen LogP) is 1.99. The molecule has 0 aliphatic rings. The normalized spacial score (nSPS) is 16.8. The number of hydrogen-bond acceptors (Lipinski definition) is 3. The average Bonchev–Trinajstić information content (AvgIpc) is 2.30. The van der Waals surface area contributed by atoms with Crippen LogP contribution < -0.4 is 5.73 Å². The SMILES string of the molecule is CCC(C)(C(N)Cc1ccc(O)cc1)N(C)C. The summed E-state index contributed by atoms with van der Waals surface area (Å²) < 4.78 is 0.